The molecule has 2 aromatic carbocycles. The summed E-state index contributed by atoms with van der Waals surface area (Å²) in [5.74, 6) is 0.729. The van der Waals surface area contributed by atoms with Crippen LogP contribution >= 0.6 is 0 Å². The molecule has 1 unspecified atom stereocenters. The molecule has 5 rings (SSSR count). The van der Waals surface area contributed by atoms with Crippen molar-refractivity contribution >= 4 is 16.8 Å². The highest BCUT2D eigenvalue weighted by Gasteiger charge is 2.35. The van der Waals surface area contributed by atoms with Gasteiger partial charge in [0.1, 0.15) is 11.8 Å². The van der Waals surface area contributed by atoms with E-state index < -0.39 is 0 Å². The fourth-order valence-corrected chi connectivity index (χ4v) is 4.20. The number of hydrogen-bond acceptors (Lipinski definition) is 3. The molecule has 29 heavy (non-hydrogen) atoms. The maximum Gasteiger partial charge on any atom is 0.254 e. The number of amides is 1. The van der Waals surface area contributed by atoms with Gasteiger partial charge >= 0.3 is 0 Å². The van der Waals surface area contributed by atoms with E-state index in [1.54, 1.807) is 13.3 Å². The second-order valence-electron chi connectivity index (χ2n) is 7.20. The van der Waals surface area contributed by atoms with Crippen LogP contribution in [0.5, 0.6) is 5.75 Å². The molecule has 4 aromatic rings. The molecule has 3 heterocycles. The molecule has 0 saturated heterocycles. The summed E-state index contributed by atoms with van der Waals surface area (Å²) in [7, 11) is 1.62. The summed E-state index contributed by atoms with van der Waals surface area (Å²) < 4.78 is 5.23. The Kier molecular flexibility index (Phi) is 4.28. The predicted octanol–water partition coefficient (Wildman–Crippen LogP) is 4.36. The molecule has 144 valence electrons. The zero-order chi connectivity index (χ0) is 19.8. The van der Waals surface area contributed by atoms with Gasteiger partial charge in [-0.25, -0.2) is 0 Å². The Morgan fingerprint density at radius 2 is 1.86 bits per heavy atom. The summed E-state index contributed by atoms with van der Waals surface area (Å²) in [5, 5.41) is 1.22. The number of methoxy groups -OCH3 is 1. The number of aromatic nitrogens is 2. The Bertz CT molecular complexity index is 1170. The van der Waals surface area contributed by atoms with E-state index in [4.69, 9.17) is 4.74 Å². The number of pyridine rings is 1. The monoisotopic (exact) mass is 383 g/mol. The lowest BCUT2D eigenvalue weighted by atomic mass is 9.94. The third-order valence-corrected chi connectivity index (χ3v) is 5.60. The number of benzene rings is 2. The van der Waals surface area contributed by atoms with Gasteiger partial charge in [-0.2, -0.15) is 0 Å². The van der Waals surface area contributed by atoms with Crippen LogP contribution in [0.2, 0.25) is 0 Å². The molecule has 0 saturated carbocycles. The molecular weight excluding hydrogens is 362 g/mol. The van der Waals surface area contributed by atoms with E-state index in [1.807, 2.05) is 53.4 Å². The van der Waals surface area contributed by atoms with Gasteiger partial charge in [-0.15, -0.1) is 0 Å². The van der Waals surface area contributed by atoms with Gasteiger partial charge in [-0.1, -0.05) is 24.3 Å². The van der Waals surface area contributed by atoms with Crippen molar-refractivity contribution in [3.8, 4) is 5.75 Å². The quantitative estimate of drug-likeness (QED) is 0.572. The number of hydrogen-bond donors (Lipinski definition) is 1. The summed E-state index contributed by atoms with van der Waals surface area (Å²) in [6.07, 6.45) is 2.59. The minimum absolute atomic E-state index is 0.00684. The van der Waals surface area contributed by atoms with E-state index in [-0.39, 0.29) is 11.9 Å². The van der Waals surface area contributed by atoms with Crippen molar-refractivity contribution in [3.05, 3.63) is 95.4 Å². The topological polar surface area (TPSA) is 58.2 Å². The fourth-order valence-electron chi connectivity index (χ4n) is 4.20. The van der Waals surface area contributed by atoms with E-state index >= 15 is 0 Å². The van der Waals surface area contributed by atoms with E-state index in [9.17, 15) is 4.79 Å². The second-order valence-corrected chi connectivity index (χ2v) is 7.20. The van der Waals surface area contributed by atoms with E-state index in [0.717, 1.165) is 29.1 Å². The lowest BCUT2D eigenvalue weighted by Gasteiger charge is -2.35. The van der Waals surface area contributed by atoms with Crippen molar-refractivity contribution in [2.75, 3.05) is 13.7 Å². The number of aromatic amines is 1. The molecule has 0 bridgehead atoms. The minimum atomic E-state index is -0.248. The Morgan fingerprint density at radius 1 is 1.07 bits per heavy atom. The summed E-state index contributed by atoms with van der Waals surface area (Å²) in [5.41, 5.74) is 4.93. The fraction of sp³-hybridized carbons (Fsp3) is 0.167. The number of ether oxygens (including phenoxy) is 1. The van der Waals surface area contributed by atoms with Crippen molar-refractivity contribution < 1.29 is 9.53 Å². The molecule has 1 aliphatic rings. The Hall–Kier alpha value is -3.60. The zero-order valence-electron chi connectivity index (χ0n) is 16.1. The van der Waals surface area contributed by atoms with Gasteiger partial charge in [0.25, 0.3) is 5.91 Å². The normalized spacial score (nSPS) is 15.9. The lowest BCUT2D eigenvalue weighted by molar-refractivity contribution is 0.0688. The first-order valence-electron chi connectivity index (χ1n) is 9.71. The summed E-state index contributed by atoms with van der Waals surface area (Å²) >= 11 is 0. The standard InChI is InChI=1S/C24H21N3O2/c1-29-17-11-9-16(10-12-17)24(28)27-15-13-19-18-6-2-3-7-20(18)26-22(19)23(27)21-8-4-5-14-25-21/h2-12,14,23,26H,13,15H2,1H3. The van der Waals surface area contributed by atoms with Crippen LogP contribution < -0.4 is 4.74 Å². The number of nitrogens with zero attached hydrogens (tertiary/aromatic N) is 2. The van der Waals surface area contributed by atoms with Gasteiger partial charge < -0.3 is 14.6 Å². The van der Waals surface area contributed by atoms with Crippen LogP contribution in [0, 0.1) is 0 Å². The molecule has 1 atom stereocenters. The smallest absolute Gasteiger partial charge is 0.254 e. The van der Waals surface area contributed by atoms with E-state index in [2.05, 4.69) is 28.2 Å². The van der Waals surface area contributed by atoms with E-state index in [0.29, 0.717) is 12.1 Å². The third-order valence-electron chi connectivity index (χ3n) is 5.60. The summed E-state index contributed by atoms with van der Waals surface area (Å²) in [6.45, 7) is 0.640. The highest BCUT2D eigenvalue weighted by Crippen LogP contribution is 2.38. The number of H-pyrrole nitrogens is 1. The molecular formula is C24H21N3O2. The van der Waals surface area contributed by atoms with Crippen LogP contribution in [-0.4, -0.2) is 34.4 Å². The number of carbonyl (C=O) groups is 1. The average Bonchev–Trinajstić information content (AvgIpc) is 3.17. The first-order chi connectivity index (χ1) is 14.3. The zero-order valence-corrected chi connectivity index (χ0v) is 16.1. The predicted molar refractivity (Wildman–Crippen MR) is 112 cm³/mol. The highest BCUT2D eigenvalue weighted by atomic mass is 16.5. The molecule has 1 amide bonds. The van der Waals surface area contributed by atoms with Gasteiger partial charge in [0.15, 0.2) is 0 Å². The van der Waals surface area contributed by atoms with Crippen LogP contribution in [-0.2, 0) is 6.42 Å². The van der Waals surface area contributed by atoms with Crippen molar-refractivity contribution in [2.45, 2.75) is 12.5 Å². The molecule has 2 aromatic heterocycles. The SMILES string of the molecule is COc1ccc(C(=O)N2CCc3c([nH]c4ccccc34)C2c2ccccn2)cc1. The maximum atomic E-state index is 13.5. The van der Waals surface area contributed by atoms with Crippen LogP contribution in [0.1, 0.15) is 33.4 Å². The van der Waals surface area contributed by atoms with Gasteiger partial charge in [0.2, 0.25) is 0 Å². The molecule has 1 aliphatic heterocycles. The number of fused-ring (bicyclic) bond motifs is 3. The second kappa shape index (κ2) is 7.09. The molecule has 0 radical (unpaired) electrons. The highest BCUT2D eigenvalue weighted by molar-refractivity contribution is 5.95. The van der Waals surface area contributed by atoms with Gasteiger partial charge in [-0.05, 0) is 54.4 Å². The molecule has 5 nitrogen and oxygen atoms in total. The minimum Gasteiger partial charge on any atom is -0.497 e. The van der Waals surface area contributed by atoms with Crippen LogP contribution in [0.25, 0.3) is 10.9 Å². The van der Waals surface area contributed by atoms with Crippen LogP contribution in [0.3, 0.4) is 0 Å². The summed E-state index contributed by atoms with van der Waals surface area (Å²) in [4.78, 5) is 23.5. The maximum absolute atomic E-state index is 13.5. The van der Waals surface area contributed by atoms with Gasteiger partial charge in [-0.3, -0.25) is 9.78 Å². The first-order valence-corrected chi connectivity index (χ1v) is 9.71. The first kappa shape index (κ1) is 17.5. The molecule has 0 fully saturated rings. The van der Waals surface area contributed by atoms with Gasteiger partial charge in [0.05, 0.1) is 12.8 Å². The Balaban J connectivity index is 1.62. The third kappa shape index (κ3) is 2.95. The molecule has 5 heteroatoms. The Morgan fingerprint density at radius 3 is 2.62 bits per heavy atom. The van der Waals surface area contributed by atoms with Crippen LogP contribution in [0.4, 0.5) is 0 Å². The Labute approximate surface area is 169 Å². The summed E-state index contributed by atoms with van der Waals surface area (Å²) in [6, 6.07) is 21.2. The van der Waals surface area contributed by atoms with Crippen molar-refractivity contribution in [2.24, 2.45) is 0 Å². The molecule has 0 aliphatic carbocycles. The van der Waals surface area contributed by atoms with Crippen molar-refractivity contribution in [1.29, 1.82) is 0 Å². The number of para-hydroxylation sites is 1. The van der Waals surface area contributed by atoms with E-state index in [1.165, 1.54) is 10.9 Å². The average molecular weight is 383 g/mol. The number of rotatable bonds is 3. The lowest BCUT2D eigenvalue weighted by Crippen LogP contribution is -2.41. The largest absolute Gasteiger partial charge is 0.497 e. The van der Waals surface area contributed by atoms with Crippen molar-refractivity contribution in [3.63, 3.8) is 0 Å². The number of carbonyl (C=O) groups excluding carboxylic acids is 1. The van der Waals surface area contributed by atoms with Crippen molar-refractivity contribution in [1.82, 2.24) is 14.9 Å². The molecule has 1 N–H and O–H groups in total. The van der Waals surface area contributed by atoms with Crippen LogP contribution in [0.15, 0.2) is 72.9 Å². The molecule has 0 spiro atoms. The van der Waals surface area contributed by atoms with Gasteiger partial charge in [0, 0.05) is 34.9 Å². The number of nitrogens with one attached hydrogen (secondary N) is 1.